The van der Waals surface area contributed by atoms with Crippen molar-refractivity contribution in [1.82, 2.24) is 5.16 Å². The minimum absolute atomic E-state index is 0.284. The average molecular weight is 292 g/mol. The van der Waals surface area contributed by atoms with Crippen molar-refractivity contribution in [3.63, 3.8) is 0 Å². The molecule has 0 radical (unpaired) electrons. The lowest BCUT2D eigenvalue weighted by Gasteiger charge is -1.97. The van der Waals surface area contributed by atoms with E-state index in [0.29, 0.717) is 16.8 Å². The van der Waals surface area contributed by atoms with Crippen LogP contribution in [-0.2, 0) is 0 Å². The van der Waals surface area contributed by atoms with E-state index in [2.05, 4.69) is 21.1 Å². The minimum atomic E-state index is -0.284. The molecule has 0 unspecified atom stereocenters. The maximum Gasteiger partial charge on any atom is 0.167 e. The Balaban J connectivity index is 2.27. The summed E-state index contributed by atoms with van der Waals surface area (Å²) in [4.78, 5) is 0. The van der Waals surface area contributed by atoms with Crippen LogP contribution in [0.3, 0.4) is 0 Å². The molecule has 0 fully saturated rings. The van der Waals surface area contributed by atoms with Gasteiger partial charge in [0, 0.05) is 10.0 Å². The predicted molar refractivity (Wildman–Crippen MR) is 67.1 cm³/mol. The van der Waals surface area contributed by atoms with Crippen molar-refractivity contribution in [1.29, 1.82) is 0 Å². The smallest absolute Gasteiger partial charge is 0.167 e. The summed E-state index contributed by atoms with van der Waals surface area (Å²) in [5.74, 6) is -0.284. The number of hydrogen-bond acceptors (Lipinski definition) is 2. The summed E-state index contributed by atoms with van der Waals surface area (Å²) in [6.07, 6.45) is 0. The molecule has 0 aliphatic rings. The zero-order valence-electron chi connectivity index (χ0n) is 8.65. The van der Waals surface area contributed by atoms with Crippen LogP contribution in [0, 0.1) is 5.82 Å². The number of halogens is 2. The number of rotatable bonds is 1. The van der Waals surface area contributed by atoms with Gasteiger partial charge in [0.05, 0.1) is 5.39 Å². The molecule has 0 saturated carbocycles. The molecule has 0 N–H and O–H groups in total. The normalized spacial score (nSPS) is 10.9. The zero-order chi connectivity index (χ0) is 11.8. The molecule has 4 heteroatoms. The van der Waals surface area contributed by atoms with Crippen molar-refractivity contribution in [2.45, 2.75) is 0 Å². The first-order chi connectivity index (χ1) is 8.24. The number of hydrogen-bond donors (Lipinski definition) is 0. The molecule has 1 aromatic heterocycles. The van der Waals surface area contributed by atoms with E-state index in [9.17, 15) is 4.39 Å². The molecule has 84 valence electrons. The first-order valence-electron chi connectivity index (χ1n) is 5.05. The van der Waals surface area contributed by atoms with Gasteiger partial charge in [-0.1, -0.05) is 33.2 Å². The van der Waals surface area contributed by atoms with Gasteiger partial charge in [-0.15, -0.1) is 0 Å². The van der Waals surface area contributed by atoms with E-state index in [1.165, 1.54) is 12.1 Å². The fourth-order valence-corrected chi connectivity index (χ4v) is 2.12. The molecule has 0 bridgehead atoms. The van der Waals surface area contributed by atoms with Crippen molar-refractivity contribution < 1.29 is 8.91 Å². The predicted octanol–water partition coefficient (Wildman–Crippen LogP) is 4.40. The zero-order valence-corrected chi connectivity index (χ0v) is 10.2. The molecule has 0 saturated heterocycles. The highest BCUT2D eigenvalue weighted by Crippen LogP contribution is 2.30. The second-order valence-corrected chi connectivity index (χ2v) is 4.60. The van der Waals surface area contributed by atoms with Crippen LogP contribution in [-0.4, -0.2) is 5.16 Å². The summed E-state index contributed by atoms with van der Waals surface area (Å²) in [6.45, 7) is 0. The second kappa shape index (κ2) is 3.96. The molecule has 1 heterocycles. The van der Waals surface area contributed by atoms with Crippen LogP contribution in [0.5, 0.6) is 0 Å². The summed E-state index contributed by atoms with van der Waals surface area (Å²) in [6, 6.07) is 11.9. The van der Waals surface area contributed by atoms with Crippen LogP contribution < -0.4 is 0 Å². The highest BCUT2D eigenvalue weighted by atomic mass is 79.9. The lowest BCUT2D eigenvalue weighted by molar-refractivity contribution is 0.459. The Morgan fingerprint density at radius 3 is 2.82 bits per heavy atom. The van der Waals surface area contributed by atoms with Gasteiger partial charge in [0.25, 0.3) is 0 Å². The molecule has 0 aliphatic carbocycles. The van der Waals surface area contributed by atoms with Gasteiger partial charge >= 0.3 is 0 Å². The molecule has 17 heavy (non-hydrogen) atoms. The molecule has 0 aliphatic heterocycles. The van der Waals surface area contributed by atoms with Gasteiger partial charge in [0.15, 0.2) is 5.58 Å². The number of benzene rings is 2. The van der Waals surface area contributed by atoms with Gasteiger partial charge in [0.1, 0.15) is 11.5 Å². The Morgan fingerprint density at radius 1 is 1.12 bits per heavy atom. The van der Waals surface area contributed by atoms with Gasteiger partial charge < -0.3 is 4.52 Å². The van der Waals surface area contributed by atoms with Crippen molar-refractivity contribution >= 4 is 26.9 Å². The Morgan fingerprint density at radius 2 is 2.00 bits per heavy atom. The summed E-state index contributed by atoms with van der Waals surface area (Å²) in [5, 5.41) is 4.85. The Bertz CT molecular complexity index is 693. The highest BCUT2D eigenvalue weighted by Gasteiger charge is 2.10. The molecule has 3 aromatic rings. The molecule has 3 rings (SSSR count). The number of fused-ring (bicyclic) bond motifs is 1. The van der Waals surface area contributed by atoms with E-state index < -0.39 is 0 Å². The standard InChI is InChI=1S/C13H7BrFNO/c14-9-4-5-12-11(7-9)13(16-17-12)8-2-1-3-10(15)6-8/h1-7H. The van der Waals surface area contributed by atoms with Gasteiger partial charge in [-0.25, -0.2) is 4.39 Å². The summed E-state index contributed by atoms with van der Waals surface area (Å²) < 4.78 is 19.3. The van der Waals surface area contributed by atoms with Crippen molar-refractivity contribution in [2.24, 2.45) is 0 Å². The van der Waals surface area contributed by atoms with Gasteiger partial charge in [-0.2, -0.15) is 0 Å². The first kappa shape index (κ1) is 10.5. The van der Waals surface area contributed by atoms with Crippen LogP contribution in [0.25, 0.3) is 22.2 Å². The Hall–Kier alpha value is -1.68. The third-order valence-corrected chi connectivity index (χ3v) is 3.02. The van der Waals surface area contributed by atoms with Crippen LogP contribution in [0.2, 0.25) is 0 Å². The largest absolute Gasteiger partial charge is 0.356 e. The SMILES string of the molecule is Fc1cccc(-c2noc3ccc(Br)cc23)c1. The Labute approximate surface area is 105 Å². The summed E-state index contributed by atoms with van der Waals surface area (Å²) in [7, 11) is 0. The van der Waals surface area contributed by atoms with E-state index in [1.54, 1.807) is 12.1 Å². The lowest BCUT2D eigenvalue weighted by atomic mass is 10.1. The summed E-state index contributed by atoms with van der Waals surface area (Å²) in [5.41, 5.74) is 2.05. The van der Waals surface area contributed by atoms with E-state index in [0.717, 1.165) is 9.86 Å². The first-order valence-corrected chi connectivity index (χ1v) is 5.84. The van der Waals surface area contributed by atoms with Crippen LogP contribution >= 0.6 is 15.9 Å². The van der Waals surface area contributed by atoms with Crippen LogP contribution in [0.15, 0.2) is 51.5 Å². The molecule has 0 atom stereocenters. The third-order valence-electron chi connectivity index (χ3n) is 2.53. The van der Waals surface area contributed by atoms with Crippen molar-refractivity contribution in [2.75, 3.05) is 0 Å². The average Bonchev–Trinajstić information content (AvgIpc) is 2.71. The van der Waals surface area contributed by atoms with Crippen molar-refractivity contribution in [3.05, 3.63) is 52.8 Å². The van der Waals surface area contributed by atoms with Gasteiger partial charge in [-0.3, -0.25) is 0 Å². The van der Waals surface area contributed by atoms with Gasteiger partial charge in [-0.05, 0) is 30.3 Å². The number of aromatic nitrogens is 1. The fourth-order valence-electron chi connectivity index (χ4n) is 1.75. The monoisotopic (exact) mass is 291 g/mol. The third kappa shape index (κ3) is 1.85. The Kier molecular flexibility index (Phi) is 2.44. The second-order valence-electron chi connectivity index (χ2n) is 3.68. The minimum Gasteiger partial charge on any atom is -0.356 e. The van der Waals surface area contributed by atoms with Crippen LogP contribution in [0.1, 0.15) is 0 Å². The molecule has 0 spiro atoms. The summed E-state index contributed by atoms with van der Waals surface area (Å²) >= 11 is 3.39. The maximum atomic E-state index is 13.2. The van der Waals surface area contributed by atoms with Crippen molar-refractivity contribution in [3.8, 4) is 11.3 Å². The molecular weight excluding hydrogens is 285 g/mol. The molecule has 2 aromatic carbocycles. The maximum absolute atomic E-state index is 13.2. The van der Waals surface area contributed by atoms with Gasteiger partial charge in [0.2, 0.25) is 0 Å². The topological polar surface area (TPSA) is 26.0 Å². The van der Waals surface area contributed by atoms with Crippen LogP contribution in [0.4, 0.5) is 4.39 Å². The van der Waals surface area contributed by atoms with E-state index >= 15 is 0 Å². The number of nitrogens with zero attached hydrogens (tertiary/aromatic N) is 1. The van der Waals surface area contributed by atoms with E-state index in [1.807, 2.05) is 18.2 Å². The lowest BCUT2D eigenvalue weighted by Crippen LogP contribution is -1.80. The molecular formula is C13H7BrFNO. The highest BCUT2D eigenvalue weighted by molar-refractivity contribution is 9.10. The van der Waals surface area contributed by atoms with E-state index in [4.69, 9.17) is 4.52 Å². The quantitative estimate of drug-likeness (QED) is 0.664. The molecule has 0 amide bonds. The fraction of sp³-hybridized carbons (Fsp3) is 0. The molecule has 2 nitrogen and oxygen atoms in total. The van der Waals surface area contributed by atoms with E-state index in [-0.39, 0.29) is 5.82 Å².